The van der Waals surface area contributed by atoms with Crippen molar-refractivity contribution in [2.24, 2.45) is 0 Å². The number of para-hydroxylation sites is 1. The van der Waals surface area contributed by atoms with Crippen LogP contribution in [0.3, 0.4) is 0 Å². The first kappa shape index (κ1) is 22.2. The molecule has 0 aliphatic heterocycles. The van der Waals surface area contributed by atoms with Crippen LogP contribution in [-0.2, 0) is 11.2 Å². The first-order chi connectivity index (χ1) is 16.8. The van der Waals surface area contributed by atoms with Crippen molar-refractivity contribution in [1.29, 1.82) is 0 Å². The molecule has 0 bridgehead atoms. The number of carbonyl (C=O) groups is 1. The summed E-state index contributed by atoms with van der Waals surface area (Å²) in [6.45, 7) is 0.401. The average Bonchev–Trinajstić information content (AvgIpc) is 3.32. The van der Waals surface area contributed by atoms with Gasteiger partial charge in [0.1, 0.15) is 0 Å². The van der Waals surface area contributed by atoms with E-state index < -0.39 is 13.3 Å². The van der Waals surface area contributed by atoms with Gasteiger partial charge in [-0.15, -0.1) is 0 Å². The summed E-state index contributed by atoms with van der Waals surface area (Å²) in [5.41, 5.74) is 2.40. The number of H-pyrrole nitrogens is 1. The van der Waals surface area contributed by atoms with Crippen LogP contribution in [-0.4, -0.2) is 29.7 Å². The van der Waals surface area contributed by atoms with Crippen molar-refractivity contribution in [2.75, 3.05) is 6.61 Å². The quantitative estimate of drug-likeness (QED) is 0.238. The summed E-state index contributed by atoms with van der Waals surface area (Å²) in [6.07, 6.45) is 3.70. The van der Waals surface area contributed by atoms with Gasteiger partial charge in [-0.05, 0) is 0 Å². The molecule has 0 atom stereocenters. The third kappa shape index (κ3) is 4.19. The molecule has 1 heterocycles. The Morgan fingerprint density at radius 3 is 1.74 bits per heavy atom. The van der Waals surface area contributed by atoms with Gasteiger partial charge in [0.05, 0.1) is 0 Å². The van der Waals surface area contributed by atoms with Gasteiger partial charge in [0.2, 0.25) is 0 Å². The number of carbonyl (C=O) groups excluding carboxylic acids is 1. The van der Waals surface area contributed by atoms with Crippen LogP contribution < -0.4 is 13.2 Å². The van der Waals surface area contributed by atoms with Crippen LogP contribution >= 0.6 is 0 Å². The van der Waals surface area contributed by atoms with Gasteiger partial charge in [0.25, 0.3) is 0 Å². The molecule has 5 aromatic rings. The Balaban J connectivity index is 1.45. The summed E-state index contributed by atoms with van der Waals surface area (Å²) in [4.78, 5) is 17.4. The summed E-state index contributed by atoms with van der Waals surface area (Å²) in [5.74, 6) is 0. The molecule has 5 rings (SSSR count). The number of nitrogens with one attached hydrogen (secondary N) is 1. The molecule has 0 amide bonds. The first-order valence-corrected chi connectivity index (χ1v) is 15.9. The first-order valence-electron chi connectivity index (χ1n) is 11.7. The Labute approximate surface area is 202 Å². The second-order valence-corrected chi connectivity index (χ2v) is 16.1. The van der Waals surface area contributed by atoms with Crippen molar-refractivity contribution >= 4 is 42.2 Å². The van der Waals surface area contributed by atoms with E-state index in [1.54, 1.807) is 0 Å². The molecular weight excluding hydrogens is 479 g/mol. The van der Waals surface area contributed by atoms with Gasteiger partial charge in [0.15, 0.2) is 0 Å². The third-order valence-electron chi connectivity index (χ3n) is 6.43. The molecule has 1 aromatic heterocycles. The molecule has 3 nitrogen and oxygen atoms in total. The number of benzene rings is 4. The van der Waals surface area contributed by atoms with Gasteiger partial charge in [-0.1, -0.05) is 0 Å². The van der Waals surface area contributed by atoms with E-state index in [2.05, 4.69) is 65.8 Å². The Hall–Kier alpha value is -3.57. The van der Waals surface area contributed by atoms with Crippen molar-refractivity contribution in [1.82, 2.24) is 4.98 Å². The predicted molar refractivity (Wildman–Crippen MR) is 142 cm³/mol. The maximum atomic E-state index is 14.1. The zero-order valence-corrected chi connectivity index (χ0v) is 21.1. The van der Waals surface area contributed by atoms with E-state index >= 15 is 0 Å². The van der Waals surface area contributed by atoms with E-state index in [0.29, 0.717) is 6.61 Å². The number of hydrogen-bond acceptors (Lipinski definition) is 2. The number of aromatic nitrogens is 1. The molecule has 4 heteroatoms. The van der Waals surface area contributed by atoms with E-state index in [1.807, 2.05) is 60.7 Å². The monoisotopic (exact) mass is 507 g/mol. The molecule has 4 aromatic carbocycles. The molecule has 1 N–H and O–H groups in total. The van der Waals surface area contributed by atoms with Gasteiger partial charge in [-0.2, -0.15) is 0 Å². The van der Waals surface area contributed by atoms with Crippen LogP contribution in [0, 0.1) is 0 Å². The topological polar surface area (TPSA) is 42.1 Å². The third-order valence-corrected chi connectivity index (χ3v) is 15.6. The normalized spacial score (nSPS) is 11.4. The molecule has 0 radical (unpaired) electrons. The van der Waals surface area contributed by atoms with Gasteiger partial charge in [-0.25, -0.2) is 0 Å². The molecule has 0 saturated heterocycles. The molecule has 0 aliphatic carbocycles. The second-order valence-electron chi connectivity index (χ2n) is 8.45. The van der Waals surface area contributed by atoms with Crippen LogP contribution in [0.4, 0.5) is 4.79 Å². The van der Waals surface area contributed by atoms with Crippen LogP contribution in [0.5, 0.6) is 0 Å². The number of aryl methyl sites for hydroxylation is 1. The molecule has 0 saturated carbocycles. The maximum absolute atomic E-state index is 14.1. The summed E-state index contributed by atoms with van der Waals surface area (Å²) in [7, 11) is 0. The standard InChI is InChI=1S/C30H27GeNO2/c33-30(34-22-12-13-24-23-32-29-21-11-10-20-28(24)29)31(25-14-4-1-5-15-25,26-16-6-2-7-17-26)27-18-8-3-9-19-27/h1-11,14-21,23,32H,12-13,22H2. The molecule has 0 unspecified atom stereocenters. The predicted octanol–water partition coefficient (Wildman–Crippen LogP) is 4.99. The number of ether oxygens (including phenoxy) is 1. The Bertz CT molecular complexity index is 1270. The summed E-state index contributed by atoms with van der Waals surface area (Å²) >= 11 is -3.76. The van der Waals surface area contributed by atoms with E-state index in [-0.39, 0.29) is 4.80 Å². The van der Waals surface area contributed by atoms with E-state index in [4.69, 9.17) is 4.74 Å². The van der Waals surface area contributed by atoms with Crippen molar-refractivity contribution in [3.63, 3.8) is 0 Å². The summed E-state index contributed by atoms with van der Waals surface area (Å²) < 4.78 is 9.37. The Kier molecular flexibility index (Phi) is 6.63. The van der Waals surface area contributed by atoms with E-state index in [1.165, 1.54) is 10.9 Å². The zero-order valence-electron chi connectivity index (χ0n) is 19.0. The van der Waals surface area contributed by atoms with E-state index in [9.17, 15) is 4.79 Å². The molecule has 0 fully saturated rings. The SMILES string of the molecule is O=[C](OCCCc1c[nH]c2ccccc12)[Ge]([c]1ccccc1)([c]1ccccc1)[c]1ccccc1. The minimum atomic E-state index is -3.76. The van der Waals surface area contributed by atoms with Crippen molar-refractivity contribution in [2.45, 2.75) is 12.8 Å². The van der Waals surface area contributed by atoms with Gasteiger partial charge in [-0.3, -0.25) is 0 Å². The molecule has 168 valence electrons. The fraction of sp³-hybridized carbons (Fsp3) is 0.100. The molecule has 0 spiro atoms. The fourth-order valence-corrected chi connectivity index (χ4v) is 13.4. The van der Waals surface area contributed by atoms with Crippen LogP contribution in [0.25, 0.3) is 10.9 Å². The van der Waals surface area contributed by atoms with Gasteiger partial charge < -0.3 is 0 Å². The summed E-state index contributed by atoms with van der Waals surface area (Å²) in [5, 5.41) is 1.23. The number of aromatic amines is 1. The van der Waals surface area contributed by atoms with Gasteiger partial charge >= 0.3 is 203 Å². The molecule has 34 heavy (non-hydrogen) atoms. The number of hydrogen-bond donors (Lipinski definition) is 1. The Morgan fingerprint density at radius 2 is 1.18 bits per heavy atom. The van der Waals surface area contributed by atoms with Gasteiger partial charge in [0, 0.05) is 0 Å². The zero-order chi connectivity index (χ0) is 23.2. The second kappa shape index (κ2) is 10.1. The molecular formula is C30H27GeNO2. The number of fused-ring (bicyclic) bond motifs is 1. The molecule has 0 aliphatic rings. The Morgan fingerprint density at radius 1 is 0.676 bits per heavy atom. The fourth-order valence-electron chi connectivity index (χ4n) is 4.79. The minimum absolute atomic E-state index is 0.0671. The van der Waals surface area contributed by atoms with Crippen molar-refractivity contribution < 1.29 is 9.53 Å². The summed E-state index contributed by atoms with van der Waals surface area (Å²) in [6, 6.07) is 39.0. The average molecular weight is 506 g/mol. The van der Waals surface area contributed by atoms with E-state index in [0.717, 1.165) is 31.5 Å². The van der Waals surface area contributed by atoms with Crippen molar-refractivity contribution in [3.05, 3.63) is 127 Å². The number of rotatable bonds is 8. The van der Waals surface area contributed by atoms with Crippen LogP contribution in [0.15, 0.2) is 121 Å². The van der Waals surface area contributed by atoms with Crippen LogP contribution in [0.1, 0.15) is 12.0 Å². The van der Waals surface area contributed by atoms with Crippen molar-refractivity contribution in [3.8, 4) is 0 Å². The van der Waals surface area contributed by atoms with Crippen LogP contribution in [0.2, 0.25) is 0 Å².